The Bertz CT molecular complexity index is 614. The Morgan fingerprint density at radius 2 is 1.95 bits per heavy atom. The summed E-state index contributed by atoms with van der Waals surface area (Å²) in [6, 6.07) is 10.9. The molecule has 0 saturated carbocycles. The van der Waals surface area contributed by atoms with E-state index in [9.17, 15) is 9.18 Å². The first-order chi connectivity index (χ1) is 9.06. The first-order valence-corrected chi connectivity index (χ1v) is 5.66. The molecule has 3 N–H and O–H groups in total. The summed E-state index contributed by atoms with van der Waals surface area (Å²) >= 11 is 0. The maximum Gasteiger partial charge on any atom is 0.221 e. The van der Waals surface area contributed by atoms with Crippen molar-refractivity contribution in [1.82, 2.24) is 0 Å². The molecular formula is C14H13FN2O2. The van der Waals surface area contributed by atoms with Crippen LogP contribution in [0.25, 0.3) is 0 Å². The van der Waals surface area contributed by atoms with Crippen molar-refractivity contribution >= 4 is 17.3 Å². The van der Waals surface area contributed by atoms with Crippen molar-refractivity contribution in [3.05, 3.63) is 48.3 Å². The molecule has 5 heteroatoms. The highest BCUT2D eigenvalue weighted by atomic mass is 19.1. The molecule has 98 valence electrons. The van der Waals surface area contributed by atoms with Crippen molar-refractivity contribution in [2.75, 3.05) is 11.1 Å². The van der Waals surface area contributed by atoms with E-state index < -0.39 is 5.82 Å². The highest BCUT2D eigenvalue weighted by Crippen LogP contribution is 2.31. The summed E-state index contributed by atoms with van der Waals surface area (Å²) in [6.45, 7) is 1.39. The lowest BCUT2D eigenvalue weighted by molar-refractivity contribution is -0.114. The highest BCUT2D eigenvalue weighted by Gasteiger charge is 2.09. The number of rotatable bonds is 3. The van der Waals surface area contributed by atoms with Crippen molar-refractivity contribution < 1.29 is 13.9 Å². The van der Waals surface area contributed by atoms with Gasteiger partial charge in [0, 0.05) is 18.7 Å². The maximum atomic E-state index is 13.6. The SMILES string of the molecule is CC(=O)Nc1ccccc1Oc1ccc(N)cc1F. The van der Waals surface area contributed by atoms with Crippen molar-refractivity contribution in [2.45, 2.75) is 6.92 Å². The minimum absolute atomic E-state index is 0.0482. The summed E-state index contributed by atoms with van der Waals surface area (Å²) in [7, 11) is 0. The lowest BCUT2D eigenvalue weighted by Crippen LogP contribution is -2.06. The quantitative estimate of drug-likeness (QED) is 0.833. The summed E-state index contributed by atoms with van der Waals surface area (Å²) < 4.78 is 19.1. The molecule has 0 atom stereocenters. The van der Waals surface area contributed by atoms with Gasteiger partial charge >= 0.3 is 0 Å². The Labute approximate surface area is 110 Å². The molecule has 0 heterocycles. The largest absolute Gasteiger partial charge is 0.452 e. The lowest BCUT2D eigenvalue weighted by Gasteiger charge is -2.11. The van der Waals surface area contributed by atoms with Crippen molar-refractivity contribution in [2.24, 2.45) is 0 Å². The van der Waals surface area contributed by atoms with E-state index in [2.05, 4.69) is 5.32 Å². The van der Waals surface area contributed by atoms with Crippen LogP contribution in [-0.2, 0) is 4.79 Å². The number of nitrogens with one attached hydrogen (secondary N) is 1. The van der Waals surface area contributed by atoms with Gasteiger partial charge in [-0.05, 0) is 24.3 Å². The van der Waals surface area contributed by atoms with Gasteiger partial charge < -0.3 is 15.8 Å². The van der Waals surface area contributed by atoms with Crippen molar-refractivity contribution in [1.29, 1.82) is 0 Å². The van der Waals surface area contributed by atoms with Crippen LogP contribution >= 0.6 is 0 Å². The van der Waals surface area contributed by atoms with E-state index >= 15 is 0 Å². The first-order valence-electron chi connectivity index (χ1n) is 5.66. The van der Waals surface area contributed by atoms with Gasteiger partial charge in [0.15, 0.2) is 17.3 Å². The third-order valence-electron chi connectivity index (χ3n) is 2.37. The summed E-state index contributed by atoms with van der Waals surface area (Å²) in [4.78, 5) is 11.1. The predicted octanol–water partition coefficient (Wildman–Crippen LogP) is 3.16. The third-order valence-corrected chi connectivity index (χ3v) is 2.37. The van der Waals surface area contributed by atoms with Crippen LogP contribution in [0.15, 0.2) is 42.5 Å². The van der Waals surface area contributed by atoms with E-state index in [-0.39, 0.29) is 11.7 Å². The van der Waals surface area contributed by atoms with Gasteiger partial charge in [-0.2, -0.15) is 0 Å². The lowest BCUT2D eigenvalue weighted by atomic mass is 10.2. The van der Waals surface area contributed by atoms with E-state index in [0.29, 0.717) is 17.1 Å². The van der Waals surface area contributed by atoms with Crippen LogP contribution in [0, 0.1) is 5.82 Å². The number of halogens is 1. The fourth-order valence-corrected chi connectivity index (χ4v) is 1.57. The summed E-state index contributed by atoms with van der Waals surface area (Å²) in [5.41, 5.74) is 6.26. The molecule has 0 aliphatic carbocycles. The van der Waals surface area contributed by atoms with Crippen molar-refractivity contribution in [3.8, 4) is 11.5 Å². The van der Waals surface area contributed by atoms with E-state index in [1.807, 2.05) is 0 Å². The first kappa shape index (κ1) is 12.9. The predicted molar refractivity (Wildman–Crippen MR) is 71.6 cm³/mol. The molecule has 0 radical (unpaired) electrons. The van der Waals surface area contributed by atoms with Crippen LogP contribution in [0.2, 0.25) is 0 Å². The molecule has 2 rings (SSSR count). The van der Waals surface area contributed by atoms with Gasteiger partial charge in [-0.15, -0.1) is 0 Å². The topological polar surface area (TPSA) is 64.3 Å². The van der Waals surface area contributed by atoms with Crippen LogP contribution in [0.4, 0.5) is 15.8 Å². The summed E-state index contributed by atoms with van der Waals surface area (Å²) in [6.07, 6.45) is 0. The van der Waals surface area contributed by atoms with Gasteiger partial charge in [0.2, 0.25) is 5.91 Å². The number of ether oxygens (including phenoxy) is 1. The number of benzene rings is 2. The molecule has 0 bridgehead atoms. The molecule has 0 aliphatic heterocycles. The average Bonchev–Trinajstić information content (AvgIpc) is 2.34. The maximum absolute atomic E-state index is 13.6. The molecule has 0 aliphatic rings. The Hall–Kier alpha value is -2.56. The number of carbonyl (C=O) groups excluding carboxylic acids is 1. The molecule has 2 aromatic carbocycles. The Kier molecular flexibility index (Phi) is 3.66. The fourth-order valence-electron chi connectivity index (χ4n) is 1.57. The molecule has 0 spiro atoms. The van der Waals surface area contributed by atoms with Gasteiger partial charge in [0.25, 0.3) is 0 Å². The molecule has 4 nitrogen and oxygen atoms in total. The zero-order chi connectivity index (χ0) is 13.8. The van der Waals surface area contributed by atoms with Gasteiger partial charge in [0.05, 0.1) is 5.69 Å². The normalized spacial score (nSPS) is 10.0. The smallest absolute Gasteiger partial charge is 0.221 e. The number of anilines is 2. The number of hydrogen-bond acceptors (Lipinski definition) is 3. The van der Waals surface area contributed by atoms with E-state index in [1.165, 1.54) is 19.1 Å². The fraction of sp³-hybridized carbons (Fsp3) is 0.0714. The molecule has 0 unspecified atom stereocenters. The second-order valence-electron chi connectivity index (χ2n) is 3.97. The highest BCUT2D eigenvalue weighted by molar-refractivity contribution is 5.90. The van der Waals surface area contributed by atoms with Crippen LogP contribution in [0.1, 0.15) is 6.92 Å². The third kappa shape index (κ3) is 3.22. The summed E-state index contributed by atoms with van der Waals surface area (Å²) in [5.74, 6) is -0.375. The van der Waals surface area contributed by atoms with Gasteiger partial charge in [0.1, 0.15) is 0 Å². The van der Waals surface area contributed by atoms with Crippen LogP contribution in [0.5, 0.6) is 11.5 Å². The van der Waals surface area contributed by atoms with Crippen LogP contribution < -0.4 is 15.8 Å². The second-order valence-corrected chi connectivity index (χ2v) is 3.97. The zero-order valence-corrected chi connectivity index (χ0v) is 10.3. The molecule has 19 heavy (non-hydrogen) atoms. The minimum atomic E-state index is -0.558. The molecule has 0 fully saturated rings. The van der Waals surface area contributed by atoms with E-state index in [4.69, 9.17) is 10.5 Å². The molecule has 0 aromatic heterocycles. The Morgan fingerprint density at radius 3 is 2.63 bits per heavy atom. The van der Waals surface area contributed by atoms with Gasteiger partial charge in [-0.3, -0.25) is 4.79 Å². The standard InChI is InChI=1S/C14H13FN2O2/c1-9(18)17-12-4-2-3-5-14(12)19-13-7-6-10(16)8-11(13)15/h2-8H,16H2,1H3,(H,17,18). The number of amides is 1. The number of nitrogens with two attached hydrogens (primary N) is 1. The van der Waals surface area contributed by atoms with E-state index in [0.717, 1.165) is 0 Å². The summed E-state index contributed by atoms with van der Waals surface area (Å²) in [5, 5.41) is 2.61. The second kappa shape index (κ2) is 5.39. The van der Waals surface area contributed by atoms with Crippen molar-refractivity contribution in [3.63, 3.8) is 0 Å². The van der Waals surface area contributed by atoms with Crippen LogP contribution in [-0.4, -0.2) is 5.91 Å². The number of carbonyl (C=O) groups is 1. The van der Waals surface area contributed by atoms with Gasteiger partial charge in [-0.25, -0.2) is 4.39 Å². The molecule has 0 saturated heterocycles. The number of hydrogen-bond donors (Lipinski definition) is 2. The zero-order valence-electron chi connectivity index (χ0n) is 10.3. The number of nitrogen functional groups attached to an aromatic ring is 1. The minimum Gasteiger partial charge on any atom is -0.452 e. The molecular weight excluding hydrogens is 247 g/mol. The molecule has 2 aromatic rings. The monoisotopic (exact) mass is 260 g/mol. The van der Waals surface area contributed by atoms with Gasteiger partial charge in [-0.1, -0.05) is 12.1 Å². The Morgan fingerprint density at radius 1 is 1.21 bits per heavy atom. The molecule has 1 amide bonds. The van der Waals surface area contributed by atoms with Crippen LogP contribution in [0.3, 0.4) is 0 Å². The van der Waals surface area contributed by atoms with E-state index in [1.54, 1.807) is 30.3 Å². The Balaban J connectivity index is 2.30. The average molecular weight is 260 g/mol. The number of para-hydroxylation sites is 2.